The van der Waals surface area contributed by atoms with Gasteiger partial charge in [-0.3, -0.25) is 9.88 Å². The monoisotopic (exact) mass is 636 g/mol. The highest BCUT2D eigenvalue weighted by molar-refractivity contribution is 6.03. The number of rotatable bonds is 5. The Morgan fingerprint density at radius 2 is 1.98 bits per heavy atom. The number of benzene rings is 2. The van der Waals surface area contributed by atoms with Crippen molar-refractivity contribution in [1.82, 2.24) is 19.9 Å². The number of aromatic nitrogens is 3. The van der Waals surface area contributed by atoms with Gasteiger partial charge < -0.3 is 20.1 Å². The van der Waals surface area contributed by atoms with Gasteiger partial charge in [-0.15, -0.1) is 6.42 Å². The number of fused-ring (bicyclic) bond motifs is 4. The molecule has 2 saturated carbocycles. The van der Waals surface area contributed by atoms with E-state index in [0.717, 1.165) is 19.5 Å². The fraction of sp³-hybridized carbons (Fsp3) is 0.486. The van der Waals surface area contributed by atoms with Crippen LogP contribution < -0.4 is 15.4 Å². The normalized spacial score (nSPS) is 25.7. The third-order valence-corrected chi connectivity index (χ3v) is 11.8. The number of anilines is 2. The molecule has 5 aliphatic rings. The van der Waals surface area contributed by atoms with Crippen LogP contribution in [0.25, 0.3) is 32.9 Å². The highest BCUT2D eigenvalue weighted by Crippen LogP contribution is 2.72. The number of terminal acetylenes is 1. The number of hydrogen-bond acceptors (Lipinski definition) is 8. The van der Waals surface area contributed by atoms with Gasteiger partial charge in [0.05, 0.1) is 29.7 Å². The average molecular weight is 637 g/mol. The fourth-order valence-corrected chi connectivity index (χ4v) is 9.08. The highest BCUT2D eigenvalue weighted by Gasteiger charge is 2.72. The molecule has 5 heterocycles. The van der Waals surface area contributed by atoms with Crippen molar-refractivity contribution in [1.29, 1.82) is 0 Å². The van der Waals surface area contributed by atoms with E-state index in [1.807, 2.05) is 0 Å². The van der Waals surface area contributed by atoms with Crippen LogP contribution in [0.3, 0.4) is 0 Å². The Hall–Kier alpha value is -4.07. The summed E-state index contributed by atoms with van der Waals surface area (Å²) in [6.45, 7) is 7.31. The molecule has 0 amide bonds. The molecule has 5 fully saturated rings. The first-order valence-corrected chi connectivity index (χ1v) is 16.8. The lowest BCUT2D eigenvalue weighted by Gasteiger charge is -2.37. The molecule has 2 unspecified atom stereocenters. The van der Waals surface area contributed by atoms with E-state index in [4.69, 9.17) is 31.6 Å². The summed E-state index contributed by atoms with van der Waals surface area (Å²) in [6, 6.07) is 6.32. The van der Waals surface area contributed by atoms with E-state index in [1.165, 1.54) is 38.2 Å². The van der Waals surface area contributed by atoms with Crippen LogP contribution in [0.4, 0.5) is 20.3 Å². The van der Waals surface area contributed by atoms with Gasteiger partial charge in [-0.25, -0.2) is 8.78 Å². The van der Waals surface area contributed by atoms with Crippen LogP contribution in [0.1, 0.15) is 51.0 Å². The lowest BCUT2D eigenvalue weighted by atomic mass is 9.78. The summed E-state index contributed by atoms with van der Waals surface area (Å²) in [5.41, 5.74) is 7.77. The summed E-state index contributed by atoms with van der Waals surface area (Å²) >= 11 is 0. The van der Waals surface area contributed by atoms with Gasteiger partial charge in [-0.05, 0) is 85.4 Å². The zero-order valence-corrected chi connectivity index (χ0v) is 26.6. The van der Waals surface area contributed by atoms with E-state index in [2.05, 4.69) is 27.6 Å². The van der Waals surface area contributed by atoms with E-state index in [9.17, 15) is 4.39 Å². The topological polar surface area (TPSA) is 89.6 Å². The maximum Gasteiger partial charge on any atom is 0.319 e. The summed E-state index contributed by atoms with van der Waals surface area (Å²) in [7, 11) is 0. The summed E-state index contributed by atoms with van der Waals surface area (Å²) in [5, 5.41) is 1.45. The van der Waals surface area contributed by atoms with E-state index in [-0.39, 0.29) is 34.2 Å². The summed E-state index contributed by atoms with van der Waals surface area (Å²) in [6.07, 6.45) is 14.8. The average Bonchev–Trinajstić information content (AvgIpc) is 3.97. The third-order valence-electron chi connectivity index (χ3n) is 11.8. The maximum absolute atomic E-state index is 17.0. The quantitative estimate of drug-likeness (QED) is 0.213. The molecule has 2 aromatic heterocycles. The van der Waals surface area contributed by atoms with Crippen molar-refractivity contribution in [3.63, 3.8) is 0 Å². The van der Waals surface area contributed by atoms with Crippen LogP contribution in [0.15, 0.2) is 30.5 Å². The minimum Gasteiger partial charge on any atom is -0.461 e. The Balaban J connectivity index is 1.19. The van der Waals surface area contributed by atoms with Crippen molar-refractivity contribution in [2.45, 2.75) is 51.0 Å². The summed E-state index contributed by atoms with van der Waals surface area (Å²) in [4.78, 5) is 19.1. The van der Waals surface area contributed by atoms with Crippen LogP contribution in [0.2, 0.25) is 0 Å². The van der Waals surface area contributed by atoms with Crippen molar-refractivity contribution in [3.05, 3.63) is 47.7 Å². The van der Waals surface area contributed by atoms with Crippen molar-refractivity contribution in [2.75, 3.05) is 56.6 Å². The molecule has 2 aliphatic carbocycles. The number of hydrogen-bond donors (Lipinski definition) is 1. The summed E-state index contributed by atoms with van der Waals surface area (Å²) < 4.78 is 44.4. The minimum atomic E-state index is -0.661. The van der Waals surface area contributed by atoms with Gasteiger partial charge in [0.15, 0.2) is 5.82 Å². The van der Waals surface area contributed by atoms with Crippen LogP contribution in [0.5, 0.6) is 6.01 Å². The van der Waals surface area contributed by atoms with Gasteiger partial charge >= 0.3 is 6.01 Å². The zero-order chi connectivity index (χ0) is 32.1. The van der Waals surface area contributed by atoms with Crippen LogP contribution >= 0.6 is 0 Å². The molecule has 3 saturated heterocycles. The molecule has 8 nitrogen and oxygen atoms in total. The molecular formula is C37H38F2N6O2. The lowest BCUT2D eigenvalue weighted by molar-refractivity contribution is 0.0640. The van der Waals surface area contributed by atoms with E-state index >= 15 is 4.39 Å². The van der Waals surface area contributed by atoms with E-state index in [1.54, 1.807) is 24.4 Å². The highest BCUT2D eigenvalue weighted by atomic mass is 19.1. The van der Waals surface area contributed by atoms with Gasteiger partial charge in [0.25, 0.3) is 0 Å². The number of nitrogen functional groups attached to an aromatic ring is 1. The van der Waals surface area contributed by atoms with Crippen molar-refractivity contribution < 1.29 is 18.3 Å². The second-order valence-electron chi connectivity index (χ2n) is 14.8. The molecule has 2 atom stereocenters. The van der Waals surface area contributed by atoms with E-state index in [0.29, 0.717) is 77.0 Å². The maximum atomic E-state index is 17.0. The minimum absolute atomic E-state index is 0.0102. The molecule has 0 bridgehead atoms. The molecular weight excluding hydrogens is 598 g/mol. The molecule has 2 aromatic carbocycles. The molecule has 10 heteroatoms. The fourth-order valence-electron chi connectivity index (χ4n) is 9.08. The Labute approximate surface area is 272 Å². The molecule has 242 valence electrons. The number of nitrogens with two attached hydrogens (primary N) is 1. The van der Waals surface area contributed by atoms with Crippen molar-refractivity contribution in [3.8, 4) is 29.6 Å². The number of halogens is 2. The standard InChI is InChI=1S/C37H38F2N6O2/c1-3-25-28(38)5-4-23-14-24(40)15-26(29(23)25)31-30(39)32-27(16-41-31)33(44-12-13-46-18-22(2)17-44)43-34(42-32)47-21-37-19-35(6-7-35)20-45(37)11-10-36(37)8-9-36/h1,4-5,14-16,22H,6-13,17-21,40H2,2H3. The number of pyridine rings is 1. The first kappa shape index (κ1) is 29.1. The van der Waals surface area contributed by atoms with Crippen molar-refractivity contribution in [2.24, 2.45) is 16.7 Å². The van der Waals surface area contributed by atoms with E-state index < -0.39 is 11.6 Å². The first-order chi connectivity index (χ1) is 22.7. The Morgan fingerprint density at radius 3 is 2.77 bits per heavy atom. The van der Waals surface area contributed by atoms with Gasteiger partial charge in [0, 0.05) is 42.5 Å². The van der Waals surface area contributed by atoms with Gasteiger partial charge in [0.2, 0.25) is 0 Å². The zero-order valence-electron chi connectivity index (χ0n) is 26.6. The second-order valence-corrected chi connectivity index (χ2v) is 14.8. The smallest absolute Gasteiger partial charge is 0.319 e. The van der Waals surface area contributed by atoms with Crippen LogP contribution in [0, 0.1) is 40.7 Å². The summed E-state index contributed by atoms with van der Waals surface area (Å²) in [5.74, 6) is 2.03. The predicted octanol–water partition coefficient (Wildman–Crippen LogP) is 5.95. The molecule has 2 spiro atoms. The Bertz CT molecular complexity index is 2000. The largest absolute Gasteiger partial charge is 0.461 e. The van der Waals surface area contributed by atoms with Crippen molar-refractivity contribution >= 4 is 33.2 Å². The number of ether oxygens (including phenoxy) is 2. The molecule has 0 radical (unpaired) electrons. The van der Waals surface area contributed by atoms with Crippen LogP contribution in [-0.2, 0) is 4.74 Å². The molecule has 2 N–H and O–H groups in total. The molecule has 47 heavy (non-hydrogen) atoms. The Morgan fingerprint density at radius 1 is 1.13 bits per heavy atom. The molecule has 4 aromatic rings. The lowest BCUT2D eigenvalue weighted by Crippen LogP contribution is -2.49. The molecule has 3 aliphatic heterocycles. The SMILES string of the molecule is C#Cc1c(F)ccc2cc(N)cc(-c3ncc4c(N5CCOCC(C)C5)nc(OCC56CC7(CC7)CN5CCC65CC5)nc4c3F)c12. The van der Waals surface area contributed by atoms with Gasteiger partial charge in [-0.1, -0.05) is 18.9 Å². The second kappa shape index (κ2) is 10.2. The first-order valence-electron chi connectivity index (χ1n) is 16.8. The van der Waals surface area contributed by atoms with Gasteiger partial charge in [0.1, 0.15) is 29.5 Å². The van der Waals surface area contributed by atoms with Crippen LogP contribution in [-0.4, -0.2) is 71.4 Å². The number of nitrogens with zero attached hydrogens (tertiary/aromatic N) is 5. The predicted molar refractivity (Wildman–Crippen MR) is 177 cm³/mol. The van der Waals surface area contributed by atoms with Gasteiger partial charge in [-0.2, -0.15) is 9.97 Å². The molecule has 9 rings (SSSR count). The third kappa shape index (κ3) is 4.42. The Kier molecular flexibility index (Phi) is 6.32.